The van der Waals surface area contributed by atoms with E-state index in [2.05, 4.69) is 4.98 Å². The van der Waals surface area contributed by atoms with Crippen molar-refractivity contribution in [2.45, 2.75) is 19.8 Å². The van der Waals surface area contributed by atoms with Crippen molar-refractivity contribution in [1.29, 1.82) is 0 Å². The number of nitrogens with zero attached hydrogens (tertiary/aromatic N) is 1. The molecule has 0 saturated carbocycles. The number of carbonyl (C=O) groups excluding carboxylic acids is 1. The summed E-state index contributed by atoms with van der Waals surface area (Å²) in [5.74, 6) is 1.46. The Kier molecular flexibility index (Phi) is 5.32. The van der Waals surface area contributed by atoms with Crippen molar-refractivity contribution in [3.05, 3.63) is 53.9 Å². The number of rotatable bonds is 7. The zero-order valence-electron chi connectivity index (χ0n) is 12.3. The molecule has 0 unspecified atom stereocenters. The van der Waals surface area contributed by atoms with Gasteiger partial charge in [-0.15, -0.1) is 0 Å². The lowest BCUT2D eigenvalue weighted by Crippen LogP contribution is -2.03. The average molecular weight is 285 g/mol. The number of carbonyl (C=O) groups is 1. The Hall–Kier alpha value is -2.36. The molecule has 0 bridgehead atoms. The molecule has 1 aromatic carbocycles. The normalized spacial score (nSPS) is 10.2. The minimum atomic E-state index is 0.0449. The van der Waals surface area contributed by atoms with Crippen LogP contribution in [0.5, 0.6) is 11.5 Å². The van der Waals surface area contributed by atoms with E-state index in [0.717, 1.165) is 11.3 Å². The van der Waals surface area contributed by atoms with Crippen LogP contribution in [0.1, 0.15) is 29.4 Å². The van der Waals surface area contributed by atoms with Gasteiger partial charge in [-0.2, -0.15) is 0 Å². The van der Waals surface area contributed by atoms with Crippen molar-refractivity contribution in [1.82, 2.24) is 4.98 Å². The minimum Gasteiger partial charge on any atom is -0.493 e. The molecule has 4 nitrogen and oxygen atoms in total. The van der Waals surface area contributed by atoms with E-state index >= 15 is 0 Å². The van der Waals surface area contributed by atoms with Crippen LogP contribution in [-0.4, -0.2) is 24.5 Å². The first kappa shape index (κ1) is 15.0. The molecule has 0 spiro atoms. The largest absolute Gasteiger partial charge is 0.493 e. The summed E-state index contributed by atoms with van der Waals surface area (Å²) in [6.07, 6.45) is 2.71. The molecule has 2 aromatic rings. The number of benzene rings is 1. The molecular weight excluding hydrogens is 266 g/mol. The zero-order chi connectivity index (χ0) is 15.1. The number of aromatic nitrogens is 1. The standard InChI is InChI=1S/C17H19NO3/c1-3-21-16-10-8-13(12-17(16)20-2)7-9-15(19)14-6-4-5-11-18-14/h4-6,8,10-12H,3,7,9H2,1-2H3. The molecule has 0 fully saturated rings. The first-order valence-corrected chi connectivity index (χ1v) is 6.98. The van der Waals surface area contributed by atoms with Gasteiger partial charge in [0, 0.05) is 12.6 Å². The van der Waals surface area contributed by atoms with Crippen molar-refractivity contribution < 1.29 is 14.3 Å². The number of hydrogen-bond acceptors (Lipinski definition) is 4. The summed E-state index contributed by atoms with van der Waals surface area (Å²) in [5, 5.41) is 0. The van der Waals surface area contributed by atoms with E-state index in [-0.39, 0.29) is 5.78 Å². The number of aryl methyl sites for hydroxylation is 1. The molecule has 1 aromatic heterocycles. The molecule has 0 aliphatic heterocycles. The van der Waals surface area contributed by atoms with Crippen LogP contribution in [0.25, 0.3) is 0 Å². The van der Waals surface area contributed by atoms with Crippen LogP contribution in [0.3, 0.4) is 0 Å². The quantitative estimate of drug-likeness (QED) is 0.732. The number of pyridine rings is 1. The van der Waals surface area contributed by atoms with Gasteiger partial charge >= 0.3 is 0 Å². The second-order valence-electron chi connectivity index (χ2n) is 4.56. The second kappa shape index (κ2) is 7.43. The highest BCUT2D eigenvalue weighted by molar-refractivity contribution is 5.94. The molecule has 0 N–H and O–H groups in total. The number of hydrogen-bond donors (Lipinski definition) is 0. The summed E-state index contributed by atoms with van der Waals surface area (Å²) in [5.41, 5.74) is 1.55. The number of ether oxygens (including phenoxy) is 2. The summed E-state index contributed by atoms with van der Waals surface area (Å²) >= 11 is 0. The maximum Gasteiger partial charge on any atom is 0.181 e. The third-order valence-electron chi connectivity index (χ3n) is 3.12. The monoisotopic (exact) mass is 285 g/mol. The first-order chi connectivity index (χ1) is 10.2. The van der Waals surface area contributed by atoms with Crippen LogP contribution < -0.4 is 9.47 Å². The highest BCUT2D eigenvalue weighted by Gasteiger charge is 2.09. The van der Waals surface area contributed by atoms with E-state index in [9.17, 15) is 4.79 Å². The lowest BCUT2D eigenvalue weighted by Gasteiger charge is -2.10. The summed E-state index contributed by atoms with van der Waals surface area (Å²) in [7, 11) is 1.61. The van der Waals surface area contributed by atoms with Crippen LogP contribution in [0, 0.1) is 0 Å². The summed E-state index contributed by atoms with van der Waals surface area (Å²) in [6, 6.07) is 11.1. The van der Waals surface area contributed by atoms with Crippen LogP contribution in [0.4, 0.5) is 0 Å². The van der Waals surface area contributed by atoms with Crippen molar-refractivity contribution >= 4 is 5.78 Å². The third-order valence-corrected chi connectivity index (χ3v) is 3.12. The maximum atomic E-state index is 12.0. The summed E-state index contributed by atoms with van der Waals surface area (Å²) < 4.78 is 10.8. The number of methoxy groups -OCH3 is 1. The minimum absolute atomic E-state index is 0.0449. The van der Waals surface area contributed by atoms with Crippen molar-refractivity contribution in [2.24, 2.45) is 0 Å². The summed E-state index contributed by atoms with van der Waals surface area (Å²) in [4.78, 5) is 16.1. The lowest BCUT2D eigenvalue weighted by molar-refractivity contribution is 0.0978. The third kappa shape index (κ3) is 4.05. The van der Waals surface area contributed by atoms with Crippen molar-refractivity contribution in [2.75, 3.05) is 13.7 Å². The van der Waals surface area contributed by atoms with Gasteiger partial charge in [-0.3, -0.25) is 9.78 Å². The predicted octanol–water partition coefficient (Wildman–Crippen LogP) is 3.30. The Balaban J connectivity index is 2.02. The van der Waals surface area contributed by atoms with E-state index < -0.39 is 0 Å². The molecular formula is C17H19NO3. The molecule has 1 heterocycles. The van der Waals surface area contributed by atoms with Crippen LogP contribution >= 0.6 is 0 Å². The predicted molar refractivity (Wildman–Crippen MR) is 81.1 cm³/mol. The molecule has 4 heteroatoms. The zero-order valence-corrected chi connectivity index (χ0v) is 12.3. The SMILES string of the molecule is CCOc1ccc(CCC(=O)c2ccccn2)cc1OC. The molecule has 2 rings (SSSR count). The fourth-order valence-corrected chi connectivity index (χ4v) is 2.06. The Labute approximate surface area is 124 Å². The average Bonchev–Trinajstić information content (AvgIpc) is 2.54. The molecule has 0 aliphatic carbocycles. The molecule has 0 radical (unpaired) electrons. The van der Waals surface area contributed by atoms with Gasteiger partial charge in [0.1, 0.15) is 5.69 Å². The van der Waals surface area contributed by atoms with Gasteiger partial charge in [0.2, 0.25) is 0 Å². The summed E-state index contributed by atoms with van der Waals surface area (Å²) in [6.45, 7) is 2.52. The van der Waals surface area contributed by atoms with E-state index in [1.54, 1.807) is 25.4 Å². The van der Waals surface area contributed by atoms with Gasteiger partial charge in [0.15, 0.2) is 17.3 Å². The smallest absolute Gasteiger partial charge is 0.181 e. The van der Waals surface area contributed by atoms with Crippen molar-refractivity contribution in [3.63, 3.8) is 0 Å². The van der Waals surface area contributed by atoms with Crippen LogP contribution in [0.2, 0.25) is 0 Å². The van der Waals surface area contributed by atoms with Gasteiger partial charge in [-0.1, -0.05) is 12.1 Å². The van der Waals surface area contributed by atoms with E-state index in [1.807, 2.05) is 31.2 Å². The highest BCUT2D eigenvalue weighted by Crippen LogP contribution is 2.28. The second-order valence-corrected chi connectivity index (χ2v) is 4.56. The number of Topliss-reactive ketones (excluding diaryl/α,β-unsaturated/α-hetero) is 1. The Morgan fingerprint density at radius 2 is 2.05 bits per heavy atom. The molecule has 21 heavy (non-hydrogen) atoms. The first-order valence-electron chi connectivity index (χ1n) is 6.98. The van der Waals surface area contributed by atoms with E-state index in [4.69, 9.17) is 9.47 Å². The molecule has 110 valence electrons. The number of ketones is 1. The van der Waals surface area contributed by atoms with E-state index in [1.165, 1.54) is 0 Å². The molecule has 0 amide bonds. The molecule has 0 aliphatic rings. The lowest BCUT2D eigenvalue weighted by atomic mass is 10.1. The van der Waals surface area contributed by atoms with Gasteiger partial charge in [0.05, 0.1) is 13.7 Å². The highest BCUT2D eigenvalue weighted by atomic mass is 16.5. The Morgan fingerprint density at radius 1 is 1.19 bits per heavy atom. The van der Waals surface area contributed by atoms with Crippen molar-refractivity contribution in [3.8, 4) is 11.5 Å². The van der Waals surface area contributed by atoms with Gasteiger partial charge in [-0.25, -0.2) is 0 Å². The Bertz CT molecular complexity index is 596. The molecule has 0 atom stereocenters. The maximum absolute atomic E-state index is 12.0. The van der Waals surface area contributed by atoms with Crippen LogP contribution in [0.15, 0.2) is 42.6 Å². The fraction of sp³-hybridized carbons (Fsp3) is 0.294. The van der Waals surface area contributed by atoms with Gasteiger partial charge in [0.25, 0.3) is 0 Å². The van der Waals surface area contributed by atoms with Gasteiger partial charge in [-0.05, 0) is 43.2 Å². The van der Waals surface area contributed by atoms with E-state index in [0.29, 0.717) is 30.9 Å². The fourth-order valence-electron chi connectivity index (χ4n) is 2.06. The topological polar surface area (TPSA) is 48.4 Å². The Morgan fingerprint density at radius 3 is 2.71 bits per heavy atom. The van der Waals surface area contributed by atoms with Crippen LogP contribution in [-0.2, 0) is 6.42 Å². The molecule has 0 saturated heterocycles. The van der Waals surface area contributed by atoms with Gasteiger partial charge < -0.3 is 9.47 Å².